The van der Waals surface area contributed by atoms with Gasteiger partial charge < -0.3 is 15.2 Å². The molecular weight excluding hydrogens is 228 g/mol. The largest absolute Gasteiger partial charge is 0.394 e. The molecule has 5 heteroatoms. The fraction of sp³-hybridized carbons (Fsp3) is 1.00. The Morgan fingerprint density at radius 1 is 1.47 bits per heavy atom. The SMILES string of the molecule is CCC(CO)(CCCOCC(F)F)NC1CC1. The predicted octanol–water partition coefficient (Wildman–Crippen LogP) is 1.94. The molecule has 2 N–H and O–H groups in total. The summed E-state index contributed by atoms with van der Waals surface area (Å²) in [4.78, 5) is 0. The van der Waals surface area contributed by atoms with Gasteiger partial charge in [-0.1, -0.05) is 6.92 Å². The van der Waals surface area contributed by atoms with Crippen LogP contribution >= 0.6 is 0 Å². The van der Waals surface area contributed by atoms with Gasteiger partial charge in [-0.15, -0.1) is 0 Å². The van der Waals surface area contributed by atoms with E-state index in [-0.39, 0.29) is 12.1 Å². The summed E-state index contributed by atoms with van der Waals surface area (Å²) in [7, 11) is 0. The molecule has 0 aromatic heterocycles. The minimum atomic E-state index is -2.40. The Morgan fingerprint density at radius 3 is 2.65 bits per heavy atom. The van der Waals surface area contributed by atoms with Crippen molar-refractivity contribution in [3.05, 3.63) is 0 Å². The first kappa shape index (κ1) is 14.8. The van der Waals surface area contributed by atoms with Crippen molar-refractivity contribution < 1.29 is 18.6 Å². The number of alkyl halides is 2. The summed E-state index contributed by atoms with van der Waals surface area (Å²) in [6.07, 6.45) is 2.25. The van der Waals surface area contributed by atoms with Gasteiger partial charge in [0.15, 0.2) is 0 Å². The number of hydrogen-bond acceptors (Lipinski definition) is 3. The lowest BCUT2D eigenvalue weighted by Gasteiger charge is -2.32. The Kier molecular flexibility index (Phi) is 6.30. The minimum Gasteiger partial charge on any atom is -0.394 e. The third-order valence-electron chi connectivity index (χ3n) is 3.25. The highest BCUT2D eigenvalue weighted by atomic mass is 19.3. The summed E-state index contributed by atoms with van der Waals surface area (Å²) < 4.78 is 28.5. The fourth-order valence-corrected chi connectivity index (χ4v) is 1.93. The van der Waals surface area contributed by atoms with Gasteiger partial charge in [-0.25, -0.2) is 8.78 Å². The van der Waals surface area contributed by atoms with E-state index in [2.05, 4.69) is 5.32 Å². The molecule has 0 amide bonds. The normalized spacial score (nSPS) is 19.6. The van der Waals surface area contributed by atoms with Crippen molar-refractivity contribution in [2.24, 2.45) is 0 Å². The maximum Gasteiger partial charge on any atom is 0.261 e. The Labute approximate surface area is 102 Å². The van der Waals surface area contributed by atoms with Gasteiger partial charge in [-0.2, -0.15) is 0 Å². The van der Waals surface area contributed by atoms with Gasteiger partial charge in [-0.3, -0.25) is 0 Å². The van der Waals surface area contributed by atoms with Crippen molar-refractivity contribution in [3.8, 4) is 0 Å². The van der Waals surface area contributed by atoms with Crippen molar-refractivity contribution in [3.63, 3.8) is 0 Å². The lowest BCUT2D eigenvalue weighted by atomic mass is 9.91. The predicted molar refractivity (Wildman–Crippen MR) is 62.3 cm³/mol. The van der Waals surface area contributed by atoms with Crippen molar-refractivity contribution in [1.82, 2.24) is 5.32 Å². The second kappa shape index (κ2) is 7.24. The molecule has 1 aliphatic rings. The molecule has 3 nitrogen and oxygen atoms in total. The molecule has 17 heavy (non-hydrogen) atoms. The van der Waals surface area contributed by atoms with E-state index in [1.807, 2.05) is 6.92 Å². The van der Waals surface area contributed by atoms with E-state index in [1.54, 1.807) is 0 Å². The molecule has 0 bridgehead atoms. The zero-order valence-electron chi connectivity index (χ0n) is 10.4. The number of ether oxygens (including phenoxy) is 1. The molecule has 0 spiro atoms. The van der Waals surface area contributed by atoms with Crippen molar-refractivity contribution in [2.75, 3.05) is 19.8 Å². The highest BCUT2D eigenvalue weighted by Crippen LogP contribution is 2.26. The third kappa shape index (κ3) is 5.75. The van der Waals surface area contributed by atoms with Gasteiger partial charge >= 0.3 is 0 Å². The Bertz CT molecular complexity index is 207. The molecule has 1 rings (SSSR count). The van der Waals surface area contributed by atoms with Crippen LogP contribution in [0.25, 0.3) is 0 Å². The van der Waals surface area contributed by atoms with Crippen LogP contribution in [0, 0.1) is 0 Å². The smallest absolute Gasteiger partial charge is 0.261 e. The van der Waals surface area contributed by atoms with Crippen LogP contribution in [-0.2, 0) is 4.74 Å². The zero-order chi connectivity index (χ0) is 12.7. The molecule has 1 saturated carbocycles. The van der Waals surface area contributed by atoms with Crippen LogP contribution < -0.4 is 5.32 Å². The first-order chi connectivity index (χ1) is 8.12. The number of aliphatic hydroxyl groups is 1. The van der Waals surface area contributed by atoms with Gasteiger partial charge in [0.25, 0.3) is 6.43 Å². The van der Waals surface area contributed by atoms with Gasteiger partial charge in [0.1, 0.15) is 6.61 Å². The van der Waals surface area contributed by atoms with Crippen LogP contribution in [0.5, 0.6) is 0 Å². The summed E-state index contributed by atoms with van der Waals surface area (Å²) in [6, 6.07) is 0.532. The molecule has 1 atom stereocenters. The maximum atomic E-state index is 11.8. The van der Waals surface area contributed by atoms with Crippen LogP contribution in [0.15, 0.2) is 0 Å². The van der Waals surface area contributed by atoms with E-state index in [1.165, 1.54) is 12.8 Å². The van der Waals surface area contributed by atoms with E-state index < -0.39 is 13.0 Å². The molecular formula is C12H23F2NO2. The van der Waals surface area contributed by atoms with E-state index in [0.29, 0.717) is 19.1 Å². The van der Waals surface area contributed by atoms with Crippen molar-refractivity contribution >= 4 is 0 Å². The van der Waals surface area contributed by atoms with Gasteiger partial charge in [-0.05, 0) is 32.1 Å². The first-order valence-corrected chi connectivity index (χ1v) is 6.36. The van der Waals surface area contributed by atoms with Crippen molar-refractivity contribution in [2.45, 2.75) is 57.0 Å². The lowest BCUT2D eigenvalue weighted by Crippen LogP contribution is -2.49. The Morgan fingerprint density at radius 2 is 2.18 bits per heavy atom. The second-order valence-electron chi connectivity index (χ2n) is 4.78. The van der Waals surface area contributed by atoms with Gasteiger partial charge in [0.05, 0.1) is 6.61 Å². The Balaban J connectivity index is 2.18. The monoisotopic (exact) mass is 251 g/mol. The van der Waals surface area contributed by atoms with Crippen LogP contribution in [0.3, 0.4) is 0 Å². The average Bonchev–Trinajstić information content (AvgIpc) is 3.10. The quantitative estimate of drug-likeness (QED) is 0.583. The standard InChI is InChI=1S/C12H23F2NO2/c1-2-12(9-16,15-10-4-5-10)6-3-7-17-8-11(13)14/h10-11,15-16H,2-9H2,1H3. The highest BCUT2D eigenvalue weighted by Gasteiger charge is 2.33. The highest BCUT2D eigenvalue weighted by molar-refractivity contribution is 4.94. The molecule has 102 valence electrons. The molecule has 0 saturated heterocycles. The number of halogens is 2. The number of nitrogens with one attached hydrogen (secondary N) is 1. The molecule has 0 aromatic rings. The van der Waals surface area contributed by atoms with Crippen molar-refractivity contribution in [1.29, 1.82) is 0 Å². The molecule has 1 aliphatic carbocycles. The molecule has 1 unspecified atom stereocenters. The summed E-state index contributed by atoms with van der Waals surface area (Å²) >= 11 is 0. The zero-order valence-corrected chi connectivity index (χ0v) is 10.4. The van der Waals surface area contributed by atoms with E-state index in [4.69, 9.17) is 4.74 Å². The lowest BCUT2D eigenvalue weighted by molar-refractivity contribution is 0.0128. The first-order valence-electron chi connectivity index (χ1n) is 6.36. The number of aliphatic hydroxyl groups excluding tert-OH is 1. The maximum absolute atomic E-state index is 11.8. The molecule has 0 heterocycles. The molecule has 0 aliphatic heterocycles. The summed E-state index contributed by atoms with van der Waals surface area (Å²) in [6.45, 7) is 1.97. The van der Waals surface area contributed by atoms with Crippen LogP contribution in [-0.4, -0.2) is 42.9 Å². The summed E-state index contributed by atoms with van der Waals surface area (Å²) in [5.41, 5.74) is -0.255. The Hall–Kier alpha value is -0.260. The molecule has 1 fully saturated rings. The van der Waals surface area contributed by atoms with Gasteiger partial charge in [0, 0.05) is 18.2 Å². The van der Waals surface area contributed by atoms with E-state index in [0.717, 1.165) is 12.8 Å². The fourth-order valence-electron chi connectivity index (χ4n) is 1.93. The topological polar surface area (TPSA) is 41.5 Å². The molecule has 0 aromatic carbocycles. The average molecular weight is 251 g/mol. The van der Waals surface area contributed by atoms with E-state index in [9.17, 15) is 13.9 Å². The summed E-state index contributed by atoms with van der Waals surface area (Å²) in [5.74, 6) is 0. The third-order valence-corrected chi connectivity index (χ3v) is 3.25. The van der Waals surface area contributed by atoms with Crippen LogP contribution in [0.4, 0.5) is 8.78 Å². The summed E-state index contributed by atoms with van der Waals surface area (Å²) in [5, 5.41) is 12.9. The number of hydrogen-bond donors (Lipinski definition) is 2. The van der Waals surface area contributed by atoms with Gasteiger partial charge in [0.2, 0.25) is 0 Å². The number of rotatable bonds is 10. The van der Waals surface area contributed by atoms with Crippen LogP contribution in [0.1, 0.15) is 39.0 Å². The van der Waals surface area contributed by atoms with Crippen LogP contribution in [0.2, 0.25) is 0 Å². The molecule has 0 radical (unpaired) electrons. The minimum absolute atomic E-state index is 0.0921. The second-order valence-corrected chi connectivity index (χ2v) is 4.78. The van der Waals surface area contributed by atoms with E-state index >= 15 is 0 Å².